The standard InChI is InChI=1S/CH3.Hg.N3/c;;1-3-2/h1H3;;/q;+1;-1. The van der Waals surface area contributed by atoms with Crippen LogP contribution in [-0.4, -0.2) is 0 Å². The van der Waals surface area contributed by atoms with Crippen LogP contribution in [-0.2, 0) is 24.9 Å². The molecule has 0 bridgehead atoms. The van der Waals surface area contributed by atoms with E-state index in [1.54, 1.807) is 0 Å². The van der Waals surface area contributed by atoms with Crippen LogP contribution in [0.3, 0.4) is 0 Å². The minimum atomic E-state index is -0.936. The van der Waals surface area contributed by atoms with E-state index >= 15 is 0 Å². The minimum absolute atomic E-state index is 0.936. The molecule has 0 aromatic rings. The van der Waals surface area contributed by atoms with Crippen molar-refractivity contribution in [3.63, 3.8) is 0 Å². The van der Waals surface area contributed by atoms with Crippen molar-refractivity contribution in [2.75, 3.05) is 0 Å². The van der Waals surface area contributed by atoms with Gasteiger partial charge in [0.05, 0.1) is 0 Å². The molecule has 5 heavy (non-hydrogen) atoms. The van der Waals surface area contributed by atoms with Gasteiger partial charge in [0.15, 0.2) is 0 Å². The summed E-state index contributed by atoms with van der Waals surface area (Å²) < 4.78 is 5.39. The van der Waals surface area contributed by atoms with Crippen LogP contribution in [0.25, 0.3) is 10.4 Å². The zero-order chi connectivity index (χ0) is 4.12. The van der Waals surface area contributed by atoms with Gasteiger partial charge in [0.2, 0.25) is 0 Å². The number of hydrogen-bond acceptors (Lipinski definition) is 1. The summed E-state index contributed by atoms with van der Waals surface area (Å²) in [4.78, 5) is 2.58. The van der Waals surface area contributed by atoms with Gasteiger partial charge in [-0.15, -0.1) is 0 Å². The van der Waals surface area contributed by atoms with E-state index in [4.69, 9.17) is 5.53 Å². The Morgan fingerprint density at radius 3 is 2.60 bits per heavy atom. The molecule has 0 aliphatic carbocycles. The summed E-state index contributed by atoms with van der Waals surface area (Å²) in [5, 5.41) is 0. The van der Waals surface area contributed by atoms with Crippen LogP contribution in [0, 0.1) is 0 Å². The quantitative estimate of drug-likeness (QED) is 0.295. The second-order valence-electron chi connectivity index (χ2n) is 0.547. The zero-order valence-electron chi connectivity index (χ0n) is 3.05. The van der Waals surface area contributed by atoms with E-state index in [0.717, 1.165) is 0 Å². The first kappa shape index (κ1) is 5.25. The molecule has 0 heterocycles. The predicted octanol–water partition coefficient (Wildman–Crippen LogP) is 1.34. The molecule has 0 aromatic carbocycles. The Labute approximate surface area is 42.9 Å². The molecule has 0 amide bonds. The first-order valence-electron chi connectivity index (χ1n) is 1.42. The second kappa shape index (κ2) is 4.25. The van der Waals surface area contributed by atoms with E-state index in [2.05, 4.69) is 7.79 Å². The topological polar surface area (TPSA) is 48.8 Å². The fourth-order valence-electron chi connectivity index (χ4n) is 0.0632. The van der Waals surface area contributed by atoms with Gasteiger partial charge in [-0.25, -0.2) is 0 Å². The average molecular weight is 258 g/mol. The number of rotatable bonds is 1. The van der Waals surface area contributed by atoms with E-state index < -0.39 is 24.9 Å². The Balaban J connectivity index is 2.93. The molecule has 0 spiro atoms. The summed E-state index contributed by atoms with van der Waals surface area (Å²) in [6.45, 7) is 0. The molecule has 0 fully saturated rings. The van der Waals surface area contributed by atoms with Gasteiger partial charge < -0.3 is 0 Å². The van der Waals surface area contributed by atoms with Gasteiger partial charge in [0.1, 0.15) is 0 Å². The number of hydrogen-bond donors (Lipinski definition) is 0. The van der Waals surface area contributed by atoms with E-state index in [-0.39, 0.29) is 0 Å². The molecule has 4 heteroatoms. The number of nitrogens with zero attached hydrogens (tertiary/aromatic N) is 3. The normalized spacial score (nSPS) is 4.20. The van der Waals surface area contributed by atoms with Crippen molar-refractivity contribution in [3.8, 4) is 0 Å². The first-order chi connectivity index (χ1) is 2.41. The third-order valence-corrected chi connectivity index (χ3v) is 1.80. The van der Waals surface area contributed by atoms with Crippen LogP contribution in [0.1, 0.15) is 0 Å². The Morgan fingerprint density at radius 1 is 2.00 bits per heavy atom. The van der Waals surface area contributed by atoms with E-state index in [1.807, 2.05) is 4.43 Å². The summed E-state index contributed by atoms with van der Waals surface area (Å²) in [6.07, 6.45) is 0. The Hall–Kier alpha value is 0.245. The van der Waals surface area contributed by atoms with E-state index in [1.165, 1.54) is 0 Å². The van der Waals surface area contributed by atoms with Crippen LogP contribution in [0.2, 0.25) is 4.43 Å². The van der Waals surface area contributed by atoms with Gasteiger partial charge in [-0.2, -0.15) is 0 Å². The van der Waals surface area contributed by atoms with E-state index in [0.29, 0.717) is 0 Å². The van der Waals surface area contributed by atoms with Gasteiger partial charge in [-0.1, -0.05) is 0 Å². The molecule has 0 radical (unpaired) electrons. The third-order valence-electron chi connectivity index (χ3n) is 0.205. The predicted molar refractivity (Wildman–Crippen MR) is 15.0 cm³/mol. The van der Waals surface area contributed by atoms with Crippen molar-refractivity contribution in [1.82, 2.24) is 0 Å². The summed E-state index contributed by atoms with van der Waals surface area (Å²) in [5.74, 6) is 0. The molecular weight excluding hydrogens is 255 g/mol. The van der Waals surface area contributed by atoms with Gasteiger partial charge in [0.25, 0.3) is 0 Å². The van der Waals surface area contributed by atoms with E-state index in [9.17, 15) is 0 Å². The van der Waals surface area contributed by atoms with Crippen molar-refractivity contribution >= 4 is 0 Å². The van der Waals surface area contributed by atoms with Gasteiger partial charge in [-0.3, -0.25) is 0 Å². The van der Waals surface area contributed by atoms with Crippen LogP contribution in [0.15, 0.2) is 2.88 Å². The third kappa shape index (κ3) is 4.25. The Bertz CT molecular complexity index is 53.9. The van der Waals surface area contributed by atoms with Gasteiger partial charge in [0, 0.05) is 0 Å². The Morgan fingerprint density at radius 2 is 2.60 bits per heavy atom. The molecule has 0 rings (SSSR count). The van der Waals surface area contributed by atoms with Crippen molar-refractivity contribution in [2.45, 2.75) is 4.43 Å². The Kier molecular flexibility index (Phi) is 4.45. The van der Waals surface area contributed by atoms with Crippen molar-refractivity contribution in [1.29, 1.82) is 0 Å². The van der Waals surface area contributed by atoms with Crippen LogP contribution in [0.5, 0.6) is 0 Å². The molecule has 0 aliphatic rings. The molecule has 0 saturated carbocycles. The van der Waals surface area contributed by atoms with Crippen molar-refractivity contribution in [2.24, 2.45) is 2.88 Å². The maximum atomic E-state index is 7.58. The summed E-state index contributed by atoms with van der Waals surface area (Å²) in [6, 6.07) is 0. The van der Waals surface area contributed by atoms with Crippen LogP contribution < -0.4 is 0 Å². The number of azide groups is 1. The average Bonchev–Trinajstić information content (AvgIpc) is 1.41. The van der Waals surface area contributed by atoms with Gasteiger partial charge >= 0.3 is 42.6 Å². The summed E-state index contributed by atoms with van der Waals surface area (Å²) in [5.41, 5.74) is 7.58. The van der Waals surface area contributed by atoms with Crippen molar-refractivity contribution < 1.29 is 24.9 Å². The monoisotopic (exact) mass is 259 g/mol. The fraction of sp³-hybridized carbons (Fsp3) is 1.00. The second-order valence-corrected chi connectivity index (χ2v) is 4.11. The van der Waals surface area contributed by atoms with Crippen LogP contribution >= 0.6 is 0 Å². The zero-order valence-corrected chi connectivity index (χ0v) is 8.55. The molecule has 0 N–H and O–H groups in total. The molecule has 0 aliphatic heterocycles. The van der Waals surface area contributed by atoms with Crippen molar-refractivity contribution in [3.05, 3.63) is 10.4 Å². The van der Waals surface area contributed by atoms with Gasteiger partial charge in [-0.05, 0) is 0 Å². The molecule has 0 unspecified atom stereocenters. The molecule has 0 saturated heterocycles. The molecule has 3 nitrogen and oxygen atoms in total. The SMILES string of the molecule is [CH3][Hg][N]=[N+]=[N-]. The maximum absolute atomic E-state index is 7.58. The molecule has 24 valence electrons. The van der Waals surface area contributed by atoms with Crippen LogP contribution in [0.4, 0.5) is 0 Å². The summed E-state index contributed by atoms with van der Waals surface area (Å²) >= 11 is -0.936. The molecular formula is CH3HgN3. The molecule has 0 atom stereocenters. The first-order valence-corrected chi connectivity index (χ1v) is 9.38. The molecule has 0 aromatic heterocycles. The summed E-state index contributed by atoms with van der Waals surface area (Å²) in [7, 11) is 0. The fourth-order valence-corrected chi connectivity index (χ4v) is 0.555.